The van der Waals surface area contributed by atoms with Crippen molar-refractivity contribution in [3.63, 3.8) is 0 Å². The molecule has 0 bridgehead atoms. The first-order chi connectivity index (χ1) is 9.91. The number of carboxylic acid groups (broad SMARTS) is 1. The topological polar surface area (TPSA) is 76.2 Å². The molecule has 0 aliphatic heterocycles. The molecule has 1 N–H and O–H groups in total. The van der Waals surface area contributed by atoms with Crippen LogP contribution in [0.2, 0.25) is 0 Å². The quantitative estimate of drug-likeness (QED) is 0.935. The molecule has 0 radical (unpaired) electrons. The maximum absolute atomic E-state index is 11.2. The summed E-state index contributed by atoms with van der Waals surface area (Å²) in [4.78, 5) is 15.6. The Labute approximate surface area is 123 Å². The van der Waals surface area contributed by atoms with E-state index in [1.165, 1.54) is 5.56 Å². The summed E-state index contributed by atoms with van der Waals surface area (Å²) in [6.45, 7) is 5.88. The monoisotopic (exact) mass is 286 g/mol. The van der Waals surface area contributed by atoms with Gasteiger partial charge in [-0.1, -0.05) is 43.3 Å². The van der Waals surface area contributed by atoms with Crippen molar-refractivity contribution in [3.8, 4) is 0 Å². The molecule has 1 aliphatic carbocycles. The second-order valence-corrected chi connectivity index (χ2v) is 6.27. The number of benzene rings is 1. The number of aliphatic carboxylic acids is 1. The molecule has 3 rings (SSSR count). The first kappa shape index (κ1) is 13.8. The molecule has 21 heavy (non-hydrogen) atoms. The van der Waals surface area contributed by atoms with Gasteiger partial charge in [-0.2, -0.15) is 4.98 Å². The van der Waals surface area contributed by atoms with Crippen molar-refractivity contribution in [2.45, 2.75) is 33.1 Å². The smallest absolute Gasteiger partial charge is 0.307 e. The van der Waals surface area contributed by atoms with E-state index in [0.717, 1.165) is 5.56 Å². The van der Waals surface area contributed by atoms with Gasteiger partial charge in [-0.3, -0.25) is 4.79 Å². The molecule has 1 aromatic heterocycles. The van der Waals surface area contributed by atoms with Crippen LogP contribution in [0.1, 0.15) is 42.6 Å². The second-order valence-electron chi connectivity index (χ2n) is 6.27. The fraction of sp³-hybridized carbons (Fsp3) is 0.438. The van der Waals surface area contributed by atoms with Gasteiger partial charge in [0.15, 0.2) is 5.82 Å². The summed E-state index contributed by atoms with van der Waals surface area (Å²) in [5, 5.41) is 13.2. The molecule has 0 spiro atoms. The maximum atomic E-state index is 11.2. The summed E-state index contributed by atoms with van der Waals surface area (Å²) in [5.41, 5.74) is 2.01. The Kier molecular flexibility index (Phi) is 3.08. The average Bonchev–Trinajstić information content (AvgIpc) is 2.78. The van der Waals surface area contributed by atoms with Crippen LogP contribution < -0.4 is 0 Å². The van der Waals surface area contributed by atoms with E-state index in [9.17, 15) is 9.90 Å². The van der Waals surface area contributed by atoms with E-state index in [-0.39, 0.29) is 11.3 Å². The van der Waals surface area contributed by atoms with Crippen molar-refractivity contribution in [2.24, 2.45) is 11.3 Å². The van der Waals surface area contributed by atoms with E-state index in [1.807, 2.05) is 45.0 Å². The van der Waals surface area contributed by atoms with E-state index in [4.69, 9.17) is 4.52 Å². The highest BCUT2D eigenvalue weighted by Crippen LogP contribution is 2.64. The van der Waals surface area contributed by atoms with Crippen LogP contribution in [0.3, 0.4) is 0 Å². The van der Waals surface area contributed by atoms with Crippen LogP contribution in [0, 0.1) is 18.3 Å². The Hall–Kier alpha value is -2.17. The lowest BCUT2D eigenvalue weighted by Crippen LogP contribution is -2.03. The van der Waals surface area contributed by atoms with E-state index >= 15 is 0 Å². The van der Waals surface area contributed by atoms with Crippen molar-refractivity contribution < 1.29 is 14.4 Å². The highest BCUT2D eigenvalue weighted by Gasteiger charge is 2.65. The zero-order chi connectivity index (χ0) is 15.2. The number of hydrogen-bond acceptors (Lipinski definition) is 4. The van der Waals surface area contributed by atoms with Crippen LogP contribution in [0.25, 0.3) is 0 Å². The minimum atomic E-state index is -0.802. The normalized spacial score (nSPS) is 23.0. The van der Waals surface area contributed by atoms with Gasteiger partial charge in [-0.05, 0) is 23.5 Å². The second kappa shape index (κ2) is 4.69. The largest absolute Gasteiger partial charge is 0.481 e. The van der Waals surface area contributed by atoms with Crippen LogP contribution in [0.5, 0.6) is 0 Å². The van der Waals surface area contributed by atoms with E-state index in [1.54, 1.807) is 0 Å². The number of rotatable bonds is 4. The first-order valence-electron chi connectivity index (χ1n) is 7.01. The van der Waals surface area contributed by atoms with Crippen molar-refractivity contribution in [1.29, 1.82) is 0 Å². The highest BCUT2D eigenvalue weighted by atomic mass is 16.5. The molecule has 1 heterocycles. The van der Waals surface area contributed by atoms with E-state index in [0.29, 0.717) is 18.1 Å². The van der Waals surface area contributed by atoms with Gasteiger partial charge in [0.1, 0.15) is 0 Å². The Morgan fingerprint density at radius 2 is 2.10 bits per heavy atom. The molecule has 2 atom stereocenters. The molecule has 2 unspecified atom stereocenters. The summed E-state index contributed by atoms with van der Waals surface area (Å²) < 4.78 is 5.29. The fourth-order valence-corrected chi connectivity index (χ4v) is 3.00. The molecule has 0 saturated heterocycles. The summed E-state index contributed by atoms with van der Waals surface area (Å²) in [7, 11) is 0. The third-order valence-electron chi connectivity index (χ3n) is 4.45. The molecule has 5 heteroatoms. The molecular weight excluding hydrogens is 268 g/mol. The van der Waals surface area contributed by atoms with Gasteiger partial charge in [0.2, 0.25) is 5.89 Å². The Morgan fingerprint density at radius 3 is 2.71 bits per heavy atom. The van der Waals surface area contributed by atoms with Gasteiger partial charge in [0, 0.05) is 6.42 Å². The number of aryl methyl sites for hydroxylation is 1. The van der Waals surface area contributed by atoms with Crippen molar-refractivity contribution in [3.05, 3.63) is 47.1 Å². The van der Waals surface area contributed by atoms with Gasteiger partial charge < -0.3 is 9.63 Å². The van der Waals surface area contributed by atoms with Gasteiger partial charge in [-0.25, -0.2) is 0 Å². The van der Waals surface area contributed by atoms with Crippen LogP contribution in [-0.4, -0.2) is 21.2 Å². The minimum absolute atomic E-state index is 0.187. The van der Waals surface area contributed by atoms with Crippen LogP contribution >= 0.6 is 0 Å². The lowest BCUT2D eigenvalue weighted by Gasteiger charge is -2.00. The van der Waals surface area contributed by atoms with E-state index in [2.05, 4.69) is 10.1 Å². The Morgan fingerprint density at radius 1 is 1.38 bits per heavy atom. The molecule has 1 aliphatic rings. The number of aromatic nitrogens is 2. The average molecular weight is 286 g/mol. The van der Waals surface area contributed by atoms with Crippen LogP contribution in [-0.2, 0) is 11.2 Å². The third-order valence-corrected chi connectivity index (χ3v) is 4.45. The lowest BCUT2D eigenvalue weighted by atomic mass is 10.1. The van der Waals surface area contributed by atoms with Gasteiger partial charge in [0.05, 0.1) is 11.8 Å². The molecule has 110 valence electrons. The number of hydrogen-bond donors (Lipinski definition) is 1. The van der Waals surface area contributed by atoms with Crippen molar-refractivity contribution >= 4 is 5.97 Å². The van der Waals surface area contributed by atoms with Crippen molar-refractivity contribution in [1.82, 2.24) is 10.1 Å². The van der Waals surface area contributed by atoms with Gasteiger partial charge in [-0.15, -0.1) is 0 Å². The van der Waals surface area contributed by atoms with Gasteiger partial charge >= 0.3 is 5.97 Å². The predicted octanol–water partition coefficient (Wildman–Crippen LogP) is 2.79. The lowest BCUT2D eigenvalue weighted by molar-refractivity contribution is -0.139. The number of carbonyl (C=O) groups is 1. The third kappa shape index (κ3) is 2.33. The highest BCUT2D eigenvalue weighted by molar-refractivity contribution is 5.77. The SMILES string of the molecule is Cc1ccccc1Cc1noc(C2C(C(=O)O)C2(C)C)n1. The molecule has 1 saturated carbocycles. The first-order valence-corrected chi connectivity index (χ1v) is 7.01. The molecule has 1 fully saturated rings. The molecule has 1 aromatic carbocycles. The molecule has 0 amide bonds. The number of nitrogens with zero attached hydrogens (tertiary/aromatic N) is 2. The summed E-state index contributed by atoms with van der Waals surface area (Å²) in [6, 6.07) is 8.05. The van der Waals surface area contributed by atoms with Gasteiger partial charge in [0.25, 0.3) is 0 Å². The summed E-state index contributed by atoms with van der Waals surface area (Å²) in [5.74, 6) is -0.386. The van der Waals surface area contributed by atoms with Crippen LogP contribution in [0.4, 0.5) is 0 Å². The molecule has 5 nitrogen and oxygen atoms in total. The zero-order valence-corrected chi connectivity index (χ0v) is 12.3. The van der Waals surface area contributed by atoms with Crippen LogP contribution in [0.15, 0.2) is 28.8 Å². The summed E-state index contributed by atoms with van der Waals surface area (Å²) in [6.07, 6.45) is 0.598. The zero-order valence-electron chi connectivity index (χ0n) is 12.3. The van der Waals surface area contributed by atoms with E-state index < -0.39 is 11.9 Å². The summed E-state index contributed by atoms with van der Waals surface area (Å²) >= 11 is 0. The predicted molar refractivity (Wildman–Crippen MR) is 75.9 cm³/mol. The standard InChI is InChI=1S/C16H18N2O3/c1-9-6-4-5-7-10(9)8-11-17-14(21-18-11)12-13(15(19)20)16(12,2)3/h4-7,12-13H,8H2,1-3H3,(H,19,20). The Bertz CT molecular complexity index is 690. The fourth-order valence-electron chi connectivity index (χ4n) is 3.00. The Balaban J connectivity index is 1.79. The molecule has 2 aromatic rings. The molecular formula is C16H18N2O3. The van der Waals surface area contributed by atoms with Crippen molar-refractivity contribution in [2.75, 3.05) is 0 Å². The minimum Gasteiger partial charge on any atom is -0.481 e. The number of carboxylic acids is 1. The maximum Gasteiger partial charge on any atom is 0.307 e.